The van der Waals surface area contributed by atoms with Gasteiger partial charge in [0.05, 0.1) is 17.9 Å². The summed E-state index contributed by atoms with van der Waals surface area (Å²) in [5, 5.41) is 16.1. The molecule has 4 heteroatoms. The first-order valence-electron chi connectivity index (χ1n) is 6.45. The molecule has 1 heterocycles. The lowest BCUT2D eigenvalue weighted by Crippen LogP contribution is -2.44. The second kappa shape index (κ2) is 4.34. The van der Waals surface area contributed by atoms with Crippen molar-refractivity contribution in [3.8, 4) is 0 Å². The van der Waals surface area contributed by atoms with Crippen LogP contribution in [0.25, 0.3) is 0 Å². The number of ether oxygens (including phenoxy) is 1. The highest BCUT2D eigenvalue weighted by Crippen LogP contribution is 2.42. The fourth-order valence-corrected chi connectivity index (χ4v) is 3.56. The Morgan fingerprint density at radius 2 is 2.31 bits per heavy atom. The molecule has 4 nitrogen and oxygen atoms in total. The maximum atomic E-state index is 9.07. The summed E-state index contributed by atoms with van der Waals surface area (Å²) >= 11 is 0. The average molecular weight is 224 g/mol. The molecule has 0 radical (unpaired) electrons. The Hall–Kier alpha value is -0.610. The molecule has 0 aromatic rings. The van der Waals surface area contributed by atoms with Gasteiger partial charge >= 0.3 is 0 Å². The van der Waals surface area contributed by atoms with E-state index < -0.39 is 0 Å². The number of oxime groups is 1. The summed E-state index contributed by atoms with van der Waals surface area (Å²) in [6, 6.07) is 0.313. The van der Waals surface area contributed by atoms with Gasteiger partial charge in [0.25, 0.3) is 0 Å². The first kappa shape index (κ1) is 10.5. The van der Waals surface area contributed by atoms with Gasteiger partial charge in [0.1, 0.15) is 0 Å². The molecular formula is C12H20N2O2. The smallest absolute Gasteiger partial charge is 0.0773 e. The molecule has 4 atom stereocenters. The Balaban J connectivity index is 1.57. The van der Waals surface area contributed by atoms with Gasteiger partial charge < -0.3 is 15.3 Å². The van der Waals surface area contributed by atoms with E-state index in [-0.39, 0.29) is 0 Å². The zero-order chi connectivity index (χ0) is 11.0. The summed E-state index contributed by atoms with van der Waals surface area (Å²) in [6.45, 7) is 1.82. The molecule has 90 valence electrons. The molecule has 1 aliphatic heterocycles. The van der Waals surface area contributed by atoms with E-state index in [1.54, 1.807) is 0 Å². The molecule has 16 heavy (non-hydrogen) atoms. The van der Waals surface area contributed by atoms with Crippen molar-refractivity contribution in [2.45, 2.75) is 44.2 Å². The number of hydrogen-bond donors (Lipinski definition) is 2. The highest BCUT2D eigenvalue weighted by Gasteiger charge is 2.45. The van der Waals surface area contributed by atoms with Gasteiger partial charge in [-0.2, -0.15) is 0 Å². The van der Waals surface area contributed by atoms with Crippen LogP contribution in [0.4, 0.5) is 0 Å². The van der Waals surface area contributed by atoms with Crippen LogP contribution < -0.4 is 5.32 Å². The van der Waals surface area contributed by atoms with Crippen molar-refractivity contribution in [2.24, 2.45) is 17.0 Å². The lowest BCUT2D eigenvalue weighted by molar-refractivity contribution is 0.107. The van der Waals surface area contributed by atoms with Gasteiger partial charge in [0, 0.05) is 19.1 Å². The molecule has 3 rings (SSSR count). The van der Waals surface area contributed by atoms with Crippen LogP contribution in [0.3, 0.4) is 0 Å². The lowest BCUT2D eigenvalue weighted by Gasteiger charge is -2.25. The summed E-state index contributed by atoms with van der Waals surface area (Å²) in [5.41, 5.74) is 0.995. The third-order valence-corrected chi connectivity index (χ3v) is 4.39. The molecule has 2 aliphatic carbocycles. The number of hydrogen-bond acceptors (Lipinski definition) is 4. The zero-order valence-electron chi connectivity index (χ0n) is 9.56. The highest BCUT2D eigenvalue weighted by atomic mass is 16.5. The summed E-state index contributed by atoms with van der Waals surface area (Å²) in [4.78, 5) is 0. The molecule has 2 saturated carbocycles. The molecule has 3 fully saturated rings. The minimum absolute atomic E-state index is 0.313. The van der Waals surface area contributed by atoms with Crippen LogP contribution in [0.1, 0.15) is 32.1 Å². The molecule has 1 saturated heterocycles. The van der Waals surface area contributed by atoms with Crippen LogP contribution >= 0.6 is 0 Å². The van der Waals surface area contributed by atoms with Gasteiger partial charge in [-0.1, -0.05) is 5.16 Å². The van der Waals surface area contributed by atoms with Crippen LogP contribution in [0.15, 0.2) is 5.16 Å². The molecule has 2 N–H and O–H groups in total. The van der Waals surface area contributed by atoms with E-state index in [2.05, 4.69) is 10.5 Å². The molecule has 0 aromatic carbocycles. The zero-order valence-corrected chi connectivity index (χ0v) is 9.56. The SMILES string of the molecule is O/N=C1\[C@H]2CC[C@@H](C2)[C@H]1NC[C@H]1CCCO1. The van der Waals surface area contributed by atoms with Crippen LogP contribution in [0, 0.1) is 11.8 Å². The quantitative estimate of drug-likeness (QED) is 0.562. The normalized spacial score (nSPS) is 44.6. The summed E-state index contributed by atoms with van der Waals surface area (Å²) in [6.07, 6.45) is 6.43. The molecule has 0 unspecified atom stereocenters. The third kappa shape index (κ3) is 1.74. The van der Waals surface area contributed by atoms with Gasteiger partial charge in [-0.3, -0.25) is 0 Å². The van der Waals surface area contributed by atoms with E-state index in [1.165, 1.54) is 32.1 Å². The predicted molar refractivity (Wildman–Crippen MR) is 60.8 cm³/mol. The number of nitrogens with one attached hydrogen (secondary N) is 1. The number of fused-ring (bicyclic) bond motifs is 2. The molecule has 0 amide bonds. The van der Waals surface area contributed by atoms with Gasteiger partial charge in [0.2, 0.25) is 0 Å². The predicted octanol–water partition coefficient (Wildman–Crippen LogP) is 1.38. The minimum Gasteiger partial charge on any atom is -0.411 e. The molecule has 0 spiro atoms. The summed E-state index contributed by atoms with van der Waals surface area (Å²) < 4.78 is 5.60. The molecule has 2 bridgehead atoms. The molecule has 3 aliphatic rings. The van der Waals surface area contributed by atoms with Crippen molar-refractivity contribution in [3.63, 3.8) is 0 Å². The fourth-order valence-electron chi connectivity index (χ4n) is 3.56. The van der Waals surface area contributed by atoms with Crippen molar-refractivity contribution in [2.75, 3.05) is 13.2 Å². The maximum Gasteiger partial charge on any atom is 0.0773 e. The lowest BCUT2D eigenvalue weighted by atomic mass is 9.93. The van der Waals surface area contributed by atoms with Gasteiger partial charge in [-0.15, -0.1) is 0 Å². The Morgan fingerprint density at radius 3 is 3.06 bits per heavy atom. The van der Waals surface area contributed by atoms with Gasteiger partial charge in [-0.25, -0.2) is 0 Å². The second-order valence-corrected chi connectivity index (χ2v) is 5.32. The van der Waals surface area contributed by atoms with Crippen molar-refractivity contribution in [1.82, 2.24) is 5.32 Å². The monoisotopic (exact) mass is 224 g/mol. The Bertz CT molecular complexity index is 287. The number of rotatable bonds is 3. The first-order chi connectivity index (χ1) is 7.88. The van der Waals surface area contributed by atoms with E-state index in [0.717, 1.165) is 18.9 Å². The van der Waals surface area contributed by atoms with E-state index in [1.807, 2.05) is 0 Å². The Kier molecular flexibility index (Phi) is 2.86. The van der Waals surface area contributed by atoms with Crippen molar-refractivity contribution in [3.05, 3.63) is 0 Å². The summed E-state index contributed by atoms with van der Waals surface area (Å²) in [7, 11) is 0. The van der Waals surface area contributed by atoms with Crippen LogP contribution in [-0.2, 0) is 4.74 Å². The van der Waals surface area contributed by atoms with Crippen molar-refractivity contribution in [1.29, 1.82) is 0 Å². The largest absolute Gasteiger partial charge is 0.411 e. The van der Waals surface area contributed by atoms with Crippen molar-refractivity contribution < 1.29 is 9.94 Å². The second-order valence-electron chi connectivity index (χ2n) is 5.32. The maximum absolute atomic E-state index is 9.07. The molecule has 0 aromatic heterocycles. The van der Waals surface area contributed by atoms with Crippen molar-refractivity contribution >= 4 is 5.71 Å². The fraction of sp³-hybridized carbons (Fsp3) is 0.917. The Labute approximate surface area is 96.0 Å². The first-order valence-corrected chi connectivity index (χ1v) is 6.45. The topological polar surface area (TPSA) is 53.9 Å². The van der Waals surface area contributed by atoms with Crippen LogP contribution in [-0.4, -0.2) is 36.2 Å². The van der Waals surface area contributed by atoms with E-state index in [9.17, 15) is 0 Å². The third-order valence-electron chi connectivity index (χ3n) is 4.39. The highest BCUT2D eigenvalue weighted by molar-refractivity contribution is 5.94. The summed E-state index contributed by atoms with van der Waals surface area (Å²) in [5.74, 6) is 1.23. The Morgan fingerprint density at radius 1 is 1.38 bits per heavy atom. The standard InChI is InChI=1S/C12H20N2O2/c15-14-12-9-4-3-8(6-9)11(12)13-7-10-2-1-5-16-10/h8-11,13,15H,1-7H2/b14-12+/t8-,9-,10+,11+/m0/s1. The van der Waals surface area contributed by atoms with E-state index in [4.69, 9.17) is 9.94 Å². The average Bonchev–Trinajstić information content (AvgIpc) is 3.01. The van der Waals surface area contributed by atoms with E-state index >= 15 is 0 Å². The minimum atomic E-state index is 0.313. The number of nitrogens with zero attached hydrogens (tertiary/aromatic N) is 1. The molecular weight excluding hydrogens is 204 g/mol. The van der Waals surface area contributed by atoms with Crippen LogP contribution in [0.2, 0.25) is 0 Å². The van der Waals surface area contributed by atoms with E-state index in [0.29, 0.717) is 24.0 Å². The van der Waals surface area contributed by atoms with Gasteiger partial charge in [0.15, 0.2) is 0 Å². The van der Waals surface area contributed by atoms with Gasteiger partial charge in [-0.05, 0) is 38.0 Å². The van der Waals surface area contributed by atoms with Crippen LogP contribution in [0.5, 0.6) is 0 Å².